The Morgan fingerprint density at radius 1 is 1.00 bits per heavy atom. The van der Waals surface area contributed by atoms with Crippen LogP contribution in [0.25, 0.3) is 0 Å². The van der Waals surface area contributed by atoms with E-state index in [1.165, 1.54) is 52.5 Å². The smallest absolute Gasteiger partial charge is 0.404 e. The molecular weight excluding hydrogens is 451 g/mol. The van der Waals surface area contributed by atoms with Gasteiger partial charge in [0.1, 0.15) is 0 Å². The average Bonchev–Trinajstić information content (AvgIpc) is 2.74. The Morgan fingerprint density at radius 3 is 2.28 bits per heavy atom. The molecule has 172 valence electrons. The molecule has 2 aromatic carbocycles. The number of sulfonamides is 1. The quantitative estimate of drug-likeness (QED) is 0.724. The second-order valence-electron chi connectivity index (χ2n) is 6.94. The lowest BCUT2D eigenvalue weighted by atomic mass is 10.2. The van der Waals surface area contributed by atoms with E-state index in [9.17, 15) is 31.2 Å². The molecule has 0 spiro atoms. The van der Waals surface area contributed by atoms with Crippen LogP contribution in [0.4, 0.5) is 18.9 Å². The number of carbonyl (C=O) groups excluding carboxylic acids is 2. The van der Waals surface area contributed by atoms with Gasteiger partial charge in [0.05, 0.1) is 10.6 Å². The Morgan fingerprint density at radius 2 is 1.66 bits per heavy atom. The first-order valence-electron chi connectivity index (χ1n) is 9.49. The number of hydrogen-bond donors (Lipinski definition) is 1. The summed E-state index contributed by atoms with van der Waals surface area (Å²) in [6.45, 7) is 2.14. The largest absolute Gasteiger partial charge is 0.573 e. The third-order valence-corrected chi connectivity index (χ3v) is 6.67. The van der Waals surface area contributed by atoms with Gasteiger partial charge in [-0.15, -0.1) is 13.2 Å². The number of piperazine rings is 1. The second kappa shape index (κ2) is 9.17. The summed E-state index contributed by atoms with van der Waals surface area (Å²) in [6, 6.07) is 10.2. The molecular formula is C20H20F3N3O5S. The van der Waals surface area contributed by atoms with Gasteiger partial charge in [-0.1, -0.05) is 18.2 Å². The molecule has 1 fully saturated rings. The third kappa shape index (κ3) is 5.56. The highest BCUT2D eigenvalue weighted by atomic mass is 32.2. The van der Waals surface area contributed by atoms with Gasteiger partial charge in [0.25, 0.3) is 5.91 Å². The average molecular weight is 471 g/mol. The number of hydrogen-bond acceptors (Lipinski definition) is 5. The fraction of sp³-hybridized carbons (Fsp3) is 0.300. The van der Waals surface area contributed by atoms with Gasteiger partial charge in [-0.05, 0) is 30.3 Å². The van der Waals surface area contributed by atoms with Crippen molar-refractivity contribution in [3.05, 3.63) is 54.1 Å². The van der Waals surface area contributed by atoms with E-state index in [2.05, 4.69) is 10.1 Å². The summed E-state index contributed by atoms with van der Waals surface area (Å²) in [4.78, 5) is 25.4. The molecule has 2 amide bonds. The Bertz CT molecular complexity index is 1110. The molecule has 0 bridgehead atoms. The fourth-order valence-electron chi connectivity index (χ4n) is 3.17. The standard InChI is InChI=1S/C20H20F3N3O5S/c1-14(27)25-9-11-26(12-10-25)32(29,30)16-6-4-5-15(13-16)19(28)24-17-7-2-3-8-18(17)31-20(21,22)23/h2-8,13H,9-12H2,1H3,(H,24,28). The summed E-state index contributed by atoms with van der Waals surface area (Å²) in [5, 5.41) is 2.31. The molecule has 0 saturated carbocycles. The molecule has 0 unspecified atom stereocenters. The predicted octanol–water partition coefficient (Wildman–Crippen LogP) is 2.69. The molecule has 1 aliphatic heterocycles. The molecule has 1 saturated heterocycles. The van der Waals surface area contributed by atoms with E-state index in [0.717, 1.165) is 12.1 Å². The van der Waals surface area contributed by atoms with Crippen LogP contribution >= 0.6 is 0 Å². The zero-order valence-electron chi connectivity index (χ0n) is 16.9. The summed E-state index contributed by atoms with van der Waals surface area (Å²) < 4.78 is 68.8. The van der Waals surface area contributed by atoms with Crippen molar-refractivity contribution in [2.75, 3.05) is 31.5 Å². The minimum absolute atomic E-state index is 0.0599. The molecule has 1 aliphatic rings. The first-order valence-corrected chi connectivity index (χ1v) is 10.9. The monoisotopic (exact) mass is 471 g/mol. The number of carbonyl (C=O) groups is 2. The number of rotatable bonds is 5. The molecule has 0 aliphatic carbocycles. The summed E-state index contributed by atoms with van der Waals surface area (Å²) in [7, 11) is -3.93. The number of amides is 2. The van der Waals surface area contributed by atoms with E-state index in [-0.39, 0.29) is 48.2 Å². The minimum Gasteiger partial charge on any atom is -0.404 e. The van der Waals surface area contributed by atoms with Crippen LogP contribution in [-0.2, 0) is 14.8 Å². The number of halogens is 3. The van der Waals surface area contributed by atoms with Gasteiger partial charge < -0.3 is 15.0 Å². The molecule has 0 radical (unpaired) electrons. The third-order valence-electron chi connectivity index (χ3n) is 4.78. The molecule has 2 aromatic rings. The van der Waals surface area contributed by atoms with Crippen molar-refractivity contribution in [2.45, 2.75) is 18.2 Å². The van der Waals surface area contributed by atoms with E-state index in [4.69, 9.17) is 0 Å². The van der Waals surface area contributed by atoms with Crippen LogP contribution in [0.1, 0.15) is 17.3 Å². The summed E-state index contributed by atoms with van der Waals surface area (Å²) in [6.07, 6.45) is -4.94. The molecule has 1 N–H and O–H groups in total. The Balaban J connectivity index is 1.78. The molecule has 0 atom stereocenters. The van der Waals surface area contributed by atoms with Crippen molar-refractivity contribution in [1.82, 2.24) is 9.21 Å². The van der Waals surface area contributed by atoms with Gasteiger partial charge in [-0.2, -0.15) is 4.31 Å². The van der Waals surface area contributed by atoms with Gasteiger partial charge in [-0.25, -0.2) is 8.42 Å². The van der Waals surface area contributed by atoms with Crippen LogP contribution in [0.3, 0.4) is 0 Å². The second-order valence-corrected chi connectivity index (χ2v) is 8.87. The fourth-order valence-corrected chi connectivity index (χ4v) is 4.64. The van der Waals surface area contributed by atoms with Crippen LogP contribution in [0.5, 0.6) is 5.75 Å². The predicted molar refractivity (Wildman–Crippen MR) is 109 cm³/mol. The molecule has 3 rings (SSSR count). The van der Waals surface area contributed by atoms with E-state index in [0.29, 0.717) is 0 Å². The van der Waals surface area contributed by atoms with E-state index < -0.39 is 28.0 Å². The normalized spacial score (nSPS) is 15.3. The SMILES string of the molecule is CC(=O)N1CCN(S(=O)(=O)c2cccc(C(=O)Nc3ccccc3OC(F)(F)F)c2)CC1. The van der Waals surface area contributed by atoms with Crippen LogP contribution in [-0.4, -0.2) is 62.0 Å². The highest BCUT2D eigenvalue weighted by molar-refractivity contribution is 7.89. The number of para-hydroxylation sites is 2. The maximum atomic E-state index is 13.0. The van der Waals surface area contributed by atoms with Crippen molar-refractivity contribution in [3.63, 3.8) is 0 Å². The molecule has 0 aromatic heterocycles. The summed E-state index contributed by atoms with van der Waals surface area (Å²) in [5.41, 5.74) is -0.279. The zero-order chi connectivity index (χ0) is 23.5. The molecule has 12 heteroatoms. The minimum atomic E-state index is -4.94. The van der Waals surface area contributed by atoms with Crippen LogP contribution in [0, 0.1) is 0 Å². The topological polar surface area (TPSA) is 96.0 Å². The first-order chi connectivity index (χ1) is 15.0. The highest BCUT2D eigenvalue weighted by Gasteiger charge is 2.32. The Labute approximate surface area is 182 Å². The van der Waals surface area contributed by atoms with Gasteiger partial charge in [0.2, 0.25) is 15.9 Å². The maximum Gasteiger partial charge on any atom is 0.573 e. The Kier molecular flexibility index (Phi) is 6.74. The Hall–Kier alpha value is -3.12. The van der Waals surface area contributed by atoms with Crippen LogP contribution in [0.2, 0.25) is 0 Å². The van der Waals surface area contributed by atoms with Crippen molar-refractivity contribution in [3.8, 4) is 5.75 Å². The van der Waals surface area contributed by atoms with E-state index in [1.54, 1.807) is 0 Å². The van der Waals surface area contributed by atoms with Crippen molar-refractivity contribution >= 4 is 27.5 Å². The molecule has 8 nitrogen and oxygen atoms in total. The number of nitrogens with one attached hydrogen (secondary N) is 1. The summed E-state index contributed by atoms with van der Waals surface area (Å²) in [5.74, 6) is -1.54. The molecule has 32 heavy (non-hydrogen) atoms. The van der Waals surface area contributed by atoms with Gasteiger partial charge in [-0.3, -0.25) is 9.59 Å². The number of ether oxygens (including phenoxy) is 1. The summed E-state index contributed by atoms with van der Waals surface area (Å²) >= 11 is 0. The van der Waals surface area contributed by atoms with Gasteiger partial charge in [0.15, 0.2) is 5.75 Å². The lowest BCUT2D eigenvalue weighted by Crippen LogP contribution is -2.49. The van der Waals surface area contributed by atoms with Crippen molar-refractivity contribution in [2.24, 2.45) is 0 Å². The number of alkyl halides is 3. The van der Waals surface area contributed by atoms with Gasteiger partial charge >= 0.3 is 6.36 Å². The lowest BCUT2D eigenvalue weighted by molar-refractivity contribution is -0.274. The number of anilines is 1. The first kappa shape index (κ1) is 23.5. The number of benzene rings is 2. The van der Waals surface area contributed by atoms with Crippen molar-refractivity contribution in [1.29, 1.82) is 0 Å². The number of nitrogens with zero attached hydrogens (tertiary/aromatic N) is 2. The van der Waals surface area contributed by atoms with Crippen LogP contribution in [0.15, 0.2) is 53.4 Å². The van der Waals surface area contributed by atoms with Gasteiger partial charge in [0, 0.05) is 38.7 Å². The van der Waals surface area contributed by atoms with Crippen molar-refractivity contribution < 1.29 is 35.9 Å². The lowest BCUT2D eigenvalue weighted by Gasteiger charge is -2.33. The van der Waals surface area contributed by atoms with E-state index >= 15 is 0 Å². The highest BCUT2D eigenvalue weighted by Crippen LogP contribution is 2.30. The zero-order valence-corrected chi connectivity index (χ0v) is 17.7. The maximum absolute atomic E-state index is 13.0. The van der Waals surface area contributed by atoms with E-state index in [1.807, 2.05) is 0 Å². The molecule has 1 heterocycles. The van der Waals surface area contributed by atoms with Crippen LogP contribution < -0.4 is 10.1 Å².